The van der Waals surface area contributed by atoms with E-state index in [1.165, 1.54) is 13.1 Å². The van der Waals surface area contributed by atoms with Crippen molar-refractivity contribution in [2.24, 2.45) is 17.8 Å². The molecular weight excluding hydrogens is 220 g/mol. The molecule has 1 atom stereocenters. The minimum Gasteiger partial charge on any atom is -0.309 e. The maximum atomic E-state index is 2.30. The first-order valence-electron chi connectivity index (χ1n) is 7.46. The molecule has 0 rings (SSSR count). The number of rotatable bonds is 5. The van der Waals surface area contributed by atoms with Gasteiger partial charge in [-0.2, -0.15) is 0 Å². The molecular formula is C16H40N2. The molecule has 0 aromatic heterocycles. The van der Waals surface area contributed by atoms with E-state index in [0.717, 1.165) is 17.8 Å². The molecule has 0 saturated heterocycles. The van der Waals surface area contributed by atoms with Gasteiger partial charge in [-0.1, -0.05) is 48.5 Å². The predicted octanol–water partition coefficient (Wildman–Crippen LogP) is 4.07. The van der Waals surface area contributed by atoms with Gasteiger partial charge in [-0.3, -0.25) is 0 Å². The third-order valence-electron chi connectivity index (χ3n) is 2.52. The maximum Gasteiger partial charge on any atom is 0.000336 e. The largest absolute Gasteiger partial charge is 0.309 e. The van der Waals surface area contributed by atoms with Gasteiger partial charge in [0.05, 0.1) is 0 Å². The molecule has 0 aromatic carbocycles. The van der Waals surface area contributed by atoms with Gasteiger partial charge in [0, 0.05) is 6.54 Å². The molecule has 0 radical (unpaired) electrons. The minimum atomic E-state index is 0.801. The van der Waals surface area contributed by atoms with Crippen LogP contribution in [-0.2, 0) is 0 Å². The SMILES string of the molecule is CC.CC(C)CN(C)C.CC(C)[C@H](C)CN(C)C. The summed E-state index contributed by atoms with van der Waals surface area (Å²) in [5.41, 5.74) is 0. The van der Waals surface area contributed by atoms with E-state index in [2.05, 4.69) is 72.6 Å². The van der Waals surface area contributed by atoms with Crippen LogP contribution in [0.5, 0.6) is 0 Å². The van der Waals surface area contributed by atoms with Crippen molar-refractivity contribution >= 4 is 0 Å². The Morgan fingerprint density at radius 2 is 1.00 bits per heavy atom. The number of nitrogens with zero attached hydrogens (tertiary/aromatic N) is 2. The average Bonchev–Trinajstić information content (AvgIpc) is 2.18. The van der Waals surface area contributed by atoms with E-state index in [-0.39, 0.29) is 0 Å². The molecule has 0 amide bonds. The highest BCUT2D eigenvalue weighted by molar-refractivity contribution is 4.58. The molecule has 0 fully saturated rings. The Bertz CT molecular complexity index is 134. The topological polar surface area (TPSA) is 6.48 Å². The molecule has 0 spiro atoms. The summed E-state index contributed by atoms with van der Waals surface area (Å²) in [6.07, 6.45) is 0. The summed E-state index contributed by atoms with van der Waals surface area (Å²) in [5, 5.41) is 0. The van der Waals surface area contributed by atoms with Crippen LogP contribution in [0.4, 0.5) is 0 Å². The Hall–Kier alpha value is -0.0800. The van der Waals surface area contributed by atoms with E-state index >= 15 is 0 Å². The third-order valence-corrected chi connectivity index (χ3v) is 2.52. The van der Waals surface area contributed by atoms with Gasteiger partial charge >= 0.3 is 0 Å². The van der Waals surface area contributed by atoms with Crippen LogP contribution in [0.1, 0.15) is 48.5 Å². The van der Waals surface area contributed by atoms with E-state index < -0.39 is 0 Å². The van der Waals surface area contributed by atoms with Gasteiger partial charge in [0.1, 0.15) is 0 Å². The van der Waals surface area contributed by atoms with Crippen LogP contribution in [0.25, 0.3) is 0 Å². The Labute approximate surface area is 118 Å². The van der Waals surface area contributed by atoms with Crippen LogP contribution >= 0.6 is 0 Å². The summed E-state index contributed by atoms with van der Waals surface area (Å²) in [6.45, 7) is 17.7. The summed E-state index contributed by atoms with van der Waals surface area (Å²) in [5.74, 6) is 2.43. The minimum absolute atomic E-state index is 0.801. The summed E-state index contributed by atoms with van der Waals surface area (Å²) in [4.78, 5) is 4.44. The summed E-state index contributed by atoms with van der Waals surface area (Å²) in [7, 11) is 8.44. The molecule has 2 heteroatoms. The van der Waals surface area contributed by atoms with Gasteiger partial charge in [-0.15, -0.1) is 0 Å². The predicted molar refractivity (Wildman–Crippen MR) is 87.3 cm³/mol. The summed E-state index contributed by atoms with van der Waals surface area (Å²) < 4.78 is 0. The lowest BCUT2D eigenvalue weighted by Crippen LogP contribution is -2.22. The van der Waals surface area contributed by atoms with Crippen molar-refractivity contribution < 1.29 is 0 Å². The zero-order valence-electron chi connectivity index (χ0n) is 15.0. The Kier molecular flexibility index (Phi) is 19.2. The first-order valence-corrected chi connectivity index (χ1v) is 7.46. The maximum absolute atomic E-state index is 2.30. The standard InChI is InChI=1S/C8H19N.C6H15N.C2H6/c1-7(2)8(3)6-9(4)5;1-6(2)5-7(3)4;1-2/h7-8H,6H2,1-5H3;6H,5H2,1-4H3;1-2H3/t8-;;/m1../s1. The number of hydrogen-bond acceptors (Lipinski definition) is 2. The van der Waals surface area contributed by atoms with Gasteiger partial charge in [0.15, 0.2) is 0 Å². The van der Waals surface area contributed by atoms with Crippen molar-refractivity contribution in [1.29, 1.82) is 0 Å². The monoisotopic (exact) mass is 260 g/mol. The molecule has 0 aliphatic rings. The van der Waals surface area contributed by atoms with Crippen molar-refractivity contribution in [3.63, 3.8) is 0 Å². The second-order valence-electron chi connectivity index (χ2n) is 6.14. The van der Waals surface area contributed by atoms with Gasteiger partial charge in [0.25, 0.3) is 0 Å². The highest BCUT2D eigenvalue weighted by Crippen LogP contribution is 2.09. The summed E-state index contributed by atoms with van der Waals surface area (Å²) in [6, 6.07) is 0. The van der Waals surface area contributed by atoms with Crippen LogP contribution in [0.2, 0.25) is 0 Å². The van der Waals surface area contributed by atoms with Crippen LogP contribution in [0.3, 0.4) is 0 Å². The lowest BCUT2D eigenvalue weighted by molar-refractivity contribution is 0.287. The van der Waals surface area contributed by atoms with E-state index in [9.17, 15) is 0 Å². The summed E-state index contributed by atoms with van der Waals surface area (Å²) >= 11 is 0. The molecule has 0 N–H and O–H groups in total. The molecule has 0 aromatic rings. The Morgan fingerprint density at radius 3 is 1.06 bits per heavy atom. The molecule has 114 valence electrons. The van der Waals surface area contributed by atoms with Crippen LogP contribution < -0.4 is 0 Å². The zero-order chi connectivity index (χ0) is 15.3. The molecule has 2 nitrogen and oxygen atoms in total. The van der Waals surface area contributed by atoms with E-state index in [1.54, 1.807) is 0 Å². The van der Waals surface area contributed by atoms with Crippen molar-refractivity contribution in [2.75, 3.05) is 41.3 Å². The normalized spacial score (nSPS) is 12.2. The molecule has 0 aliphatic heterocycles. The van der Waals surface area contributed by atoms with Crippen LogP contribution in [0, 0.1) is 17.8 Å². The average molecular weight is 261 g/mol. The van der Waals surface area contributed by atoms with Crippen molar-refractivity contribution in [3.8, 4) is 0 Å². The molecule has 18 heavy (non-hydrogen) atoms. The van der Waals surface area contributed by atoms with Crippen molar-refractivity contribution in [1.82, 2.24) is 9.80 Å². The zero-order valence-corrected chi connectivity index (χ0v) is 15.0. The van der Waals surface area contributed by atoms with E-state index in [4.69, 9.17) is 0 Å². The smallest absolute Gasteiger partial charge is 0.000336 e. The lowest BCUT2D eigenvalue weighted by Gasteiger charge is -2.19. The number of hydrogen-bond donors (Lipinski definition) is 0. The van der Waals surface area contributed by atoms with Gasteiger partial charge < -0.3 is 9.80 Å². The fourth-order valence-electron chi connectivity index (χ4n) is 1.52. The van der Waals surface area contributed by atoms with Gasteiger partial charge in [-0.05, 0) is 52.5 Å². The van der Waals surface area contributed by atoms with E-state index in [1.807, 2.05) is 13.8 Å². The highest BCUT2D eigenvalue weighted by Gasteiger charge is 2.06. The molecule has 0 unspecified atom stereocenters. The Balaban J connectivity index is -0.000000225. The van der Waals surface area contributed by atoms with E-state index in [0.29, 0.717) is 0 Å². The van der Waals surface area contributed by atoms with Crippen molar-refractivity contribution in [2.45, 2.75) is 48.5 Å². The van der Waals surface area contributed by atoms with Gasteiger partial charge in [-0.25, -0.2) is 0 Å². The molecule has 0 bridgehead atoms. The van der Waals surface area contributed by atoms with Crippen LogP contribution in [-0.4, -0.2) is 51.1 Å². The first kappa shape index (κ1) is 23.0. The molecule has 0 heterocycles. The van der Waals surface area contributed by atoms with Crippen molar-refractivity contribution in [3.05, 3.63) is 0 Å². The molecule has 0 saturated carbocycles. The quantitative estimate of drug-likeness (QED) is 0.735. The first-order chi connectivity index (χ1) is 8.16. The Morgan fingerprint density at radius 1 is 0.667 bits per heavy atom. The molecule has 0 aliphatic carbocycles. The fourth-order valence-corrected chi connectivity index (χ4v) is 1.52. The van der Waals surface area contributed by atoms with Crippen LogP contribution in [0.15, 0.2) is 0 Å². The second kappa shape index (κ2) is 15.0. The van der Waals surface area contributed by atoms with Gasteiger partial charge in [0.2, 0.25) is 0 Å². The second-order valence-corrected chi connectivity index (χ2v) is 6.14. The fraction of sp³-hybridized carbons (Fsp3) is 1.00. The lowest BCUT2D eigenvalue weighted by atomic mass is 9.98. The highest BCUT2D eigenvalue weighted by atomic mass is 15.1. The third kappa shape index (κ3) is 24.9.